The van der Waals surface area contributed by atoms with Gasteiger partial charge < -0.3 is 19.7 Å². The summed E-state index contributed by atoms with van der Waals surface area (Å²) in [6, 6.07) is 12.6. The zero-order valence-corrected chi connectivity index (χ0v) is 18.3. The van der Waals surface area contributed by atoms with Gasteiger partial charge in [-0.2, -0.15) is 0 Å². The van der Waals surface area contributed by atoms with E-state index in [1.807, 2.05) is 0 Å². The Morgan fingerprint density at radius 1 is 0.786 bits per heavy atom. The third-order valence-corrected chi connectivity index (χ3v) is 4.89. The summed E-state index contributed by atoms with van der Waals surface area (Å²) < 4.78 is 12.4. The van der Waals surface area contributed by atoms with Gasteiger partial charge >= 0.3 is 0 Å². The van der Waals surface area contributed by atoms with Crippen LogP contribution in [0.2, 0.25) is 0 Å². The molecule has 0 fully saturated rings. The molecule has 0 aliphatic rings. The van der Waals surface area contributed by atoms with Gasteiger partial charge in [0.15, 0.2) is 0 Å². The van der Waals surface area contributed by atoms with Gasteiger partial charge in [0, 0.05) is 0 Å². The van der Waals surface area contributed by atoms with Crippen molar-refractivity contribution in [3.8, 4) is 11.5 Å². The SMILES string of the molecule is Cc1cccc(C)c1OCC(COc1c(C)cccc1C)NCCCN(C)C. The number of benzene rings is 2. The third kappa shape index (κ3) is 6.84. The van der Waals surface area contributed by atoms with Gasteiger partial charge in [-0.25, -0.2) is 0 Å². The van der Waals surface area contributed by atoms with E-state index in [0.717, 1.165) is 31.0 Å². The second kappa shape index (κ2) is 11.1. The summed E-state index contributed by atoms with van der Waals surface area (Å²) in [6.07, 6.45) is 1.09. The number of ether oxygens (including phenoxy) is 2. The minimum Gasteiger partial charge on any atom is -0.491 e. The fourth-order valence-corrected chi connectivity index (χ4v) is 3.29. The molecule has 0 aromatic heterocycles. The number of hydrogen-bond acceptors (Lipinski definition) is 4. The van der Waals surface area contributed by atoms with Crippen LogP contribution in [0.1, 0.15) is 28.7 Å². The molecule has 0 radical (unpaired) electrons. The largest absolute Gasteiger partial charge is 0.491 e. The fourth-order valence-electron chi connectivity index (χ4n) is 3.29. The molecule has 0 saturated carbocycles. The van der Waals surface area contributed by atoms with Crippen molar-refractivity contribution in [2.45, 2.75) is 40.2 Å². The van der Waals surface area contributed by atoms with E-state index in [1.54, 1.807) is 0 Å². The van der Waals surface area contributed by atoms with Crippen molar-refractivity contribution < 1.29 is 9.47 Å². The molecule has 0 bridgehead atoms. The minimum absolute atomic E-state index is 0.125. The lowest BCUT2D eigenvalue weighted by Crippen LogP contribution is -2.41. The second-order valence-corrected chi connectivity index (χ2v) is 7.87. The molecule has 28 heavy (non-hydrogen) atoms. The Bertz CT molecular complexity index is 647. The predicted octanol–water partition coefficient (Wildman–Crippen LogP) is 4.29. The molecule has 0 heterocycles. The molecule has 2 aromatic carbocycles. The molecular weight excluding hydrogens is 348 g/mol. The van der Waals surface area contributed by atoms with Crippen LogP contribution in [-0.2, 0) is 0 Å². The molecule has 0 atom stereocenters. The molecule has 1 N–H and O–H groups in total. The number of rotatable bonds is 11. The van der Waals surface area contributed by atoms with E-state index in [-0.39, 0.29) is 6.04 Å². The van der Waals surface area contributed by atoms with Gasteiger partial charge in [-0.05, 0) is 83.6 Å². The van der Waals surface area contributed by atoms with E-state index in [9.17, 15) is 0 Å². The highest BCUT2D eigenvalue weighted by Crippen LogP contribution is 2.24. The lowest BCUT2D eigenvalue weighted by Gasteiger charge is -2.23. The maximum atomic E-state index is 6.20. The quantitative estimate of drug-likeness (QED) is 0.586. The summed E-state index contributed by atoms with van der Waals surface area (Å²) in [5, 5.41) is 3.62. The highest BCUT2D eigenvalue weighted by Gasteiger charge is 2.14. The molecule has 0 saturated heterocycles. The van der Waals surface area contributed by atoms with Crippen LogP contribution in [0.3, 0.4) is 0 Å². The first-order chi connectivity index (χ1) is 13.4. The van der Waals surface area contributed by atoms with E-state index in [2.05, 4.69) is 88.4 Å². The first-order valence-corrected chi connectivity index (χ1v) is 10.1. The van der Waals surface area contributed by atoms with Crippen LogP contribution in [0.4, 0.5) is 0 Å². The number of nitrogens with zero attached hydrogens (tertiary/aromatic N) is 1. The number of aryl methyl sites for hydroxylation is 4. The van der Waals surface area contributed by atoms with Gasteiger partial charge in [-0.15, -0.1) is 0 Å². The first-order valence-electron chi connectivity index (χ1n) is 10.1. The molecule has 0 aliphatic carbocycles. The van der Waals surface area contributed by atoms with Crippen molar-refractivity contribution in [2.24, 2.45) is 0 Å². The van der Waals surface area contributed by atoms with Gasteiger partial charge in [0.25, 0.3) is 0 Å². The van der Waals surface area contributed by atoms with Crippen LogP contribution in [0.15, 0.2) is 36.4 Å². The normalized spacial score (nSPS) is 11.3. The zero-order valence-electron chi connectivity index (χ0n) is 18.3. The van der Waals surface area contributed by atoms with E-state index in [0.29, 0.717) is 13.2 Å². The van der Waals surface area contributed by atoms with Crippen LogP contribution in [0.5, 0.6) is 11.5 Å². The molecule has 0 amide bonds. The molecule has 2 rings (SSSR count). The van der Waals surface area contributed by atoms with Gasteiger partial charge in [0.1, 0.15) is 24.7 Å². The summed E-state index contributed by atoms with van der Waals surface area (Å²) in [6.45, 7) is 11.5. The number of hydrogen-bond donors (Lipinski definition) is 1. The Morgan fingerprint density at radius 2 is 1.21 bits per heavy atom. The number of para-hydroxylation sites is 2. The molecular formula is C24H36N2O2. The fraction of sp³-hybridized carbons (Fsp3) is 0.500. The summed E-state index contributed by atoms with van der Waals surface area (Å²) in [5.74, 6) is 1.96. The van der Waals surface area contributed by atoms with E-state index in [4.69, 9.17) is 9.47 Å². The monoisotopic (exact) mass is 384 g/mol. The molecule has 0 unspecified atom stereocenters. The van der Waals surface area contributed by atoms with Gasteiger partial charge in [-0.1, -0.05) is 36.4 Å². The minimum atomic E-state index is 0.125. The van der Waals surface area contributed by atoms with Crippen molar-refractivity contribution in [1.82, 2.24) is 10.2 Å². The molecule has 4 nitrogen and oxygen atoms in total. The summed E-state index contributed by atoms with van der Waals surface area (Å²) >= 11 is 0. The molecule has 0 aliphatic heterocycles. The smallest absolute Gasteiger partial charge is 0.125 e. The van der Waals surface area contributed by atoms with E-state index in [1.165, 1.54) is 22.3 Å². The molecule has 4 heteroatoms. The van der Waals surface area contributed by atoms with Crippen LogP contribution in [0, 0.1) is 27.7 Å². The lowest BCUT2D eigenvalue weighted by atomic mass is 10.1. The van der Waals surface area contributed by atoms with Crippen molar-refractivity contribution in [1.29, 1.82) is 0 Å². The van der Waals surface area contributed by atoms with Crippen LogP contribution in [0.25, 0.3) is 0 Å². The third-order valence-electron chi connectivity index (χ3n) is 4.89. The highest BCUT2D eigenvalue weighted by molar-refractivity contribution is 5.40. The van der Waals surface area contributed by atoms with Gasteiger partial charge in [0.2, 0.25) is 0 Å². The van der Waals surface area contributed by atoms with Gasteiger partial charge in [-0.3, -0.25) is 0 Å². The maximum Gasteiger partial charge on any atom is 0.125 e. The van der Waals surface area contributed by atoms with Crippen LogP contribution >= 0.6 is 0 Å². The Morgan fingerprint density at radius 3 is 1.61 bits per heavy atom. The highest BCUT2D eigenvalue weighted by atomic mass is 16.5. The van der Waals surface area contributed by atoms with E-state index >= 15 is 0 Å². The lowest BCUT2D eigenvalue weighted by molar-refractivity contribution is 0.192. The van der Waals surface area contributed by atoms with Crippen LogP contribution < -0.4 is 14.8 Å². The number of nitrogens with one attached hydrogen (secondary N) is 1. The average Bonchev–Trinajstić information content (AvgIpc) is 2.63. The standard InChI is InChI=1S/C24H36N2O2/c1-18-10-7-11-19(2)23(18)27-16-22(25-14-9-15-26(5)6)17-28-24-20(3)12-8-13-21(24)4/h7-8,10-13,22,25H,9,14-17H2,1-6H3. The van der Waals surface area contributed by atoms with Crippen molar-refractivity contribution in [2.75, 3.05) is 40.4 Å². The van der Waals surface area contributed by atoms with Crippen LogP contribution in [-0.4, -0.2) is 51.3 Å². The predicted molar refractivity (Wildman–Crippen MR) is 118 cm³/mol. The molecule has 0 spiro atoms. The zero-order chi connectivity index (χ0) is 20.5. The maximum absolute atomic E-state index is 6.20. The summed E-state index contributed by atoms with van der Waals surface area (Å²) in [4.78, 5) is 2.21. The van der Waals surface area contributed by atoms with Crippen molar-refractivity contribution in [3.05, 3.63) is 58.7 Å². The summed E-state index contributed by atoms with van der Waals surface area (Å²) in [7, 11) is 4.21. The Kier molecular flexibility index (Phi) is 8.81. The molecule has 2 aromatic rings. The molecule has 154 valence electrons. The summed E-state index contributed by atoms with van der Waals surface area (Å²) in [5.41, 5.74) is 4.67. The van der Waals surface area contributed by atoms with Crippen molar-refractivity contribution >= 4 is 0 Å². The Hall–Kier alpha value is -2.04. The van der Waals surface area contributed by atoms with E-state index < -0.39 is 0 Å². The Balaban J connectivity index is 1.99. The van der Waals surface area contributed by atoms with Gasteiger partial charge in [0.05, 0.1) is 6.04 Å². The average molecular weight is 385 g/mol. The van der Waals surface area contributed by atoms with Crippen molar-refractivity contribution in [3.63, 3.8) is 0 Å². The topological polar surface area (TPSA) is 33.7 Å². The second-order valence-electron chi connectivity index (χ2n) is 7.87. The Labute approximate surface area is 170 Å². The first kappa shape index (κ1) is 22.3.